The minimum atomic E-state index is -0.455. The third kappa shape index (κ3) is 5.72. The number of hydrogen-bond acceptors (Lipinski definition) is 4. The van der Waals surface area contributed by atoms with Crippen LogP contribution < -0.4 is 10.5 Å². The summed E-state index contributed by atoms with van der Waals surface area (Å²) in [6.45, 7) is 0.516. The van der Waals surface area contributed by atoms with Crippen molar-refractivity contribution < 1.29 is 18.7 Å². The average Bonchev–Trinajstić information content (AvgIpc) is 3.15. The summed E-state index contributed by atoms with van der Waals surface area (Å²) >= 11 is 6.86. The zero-order chi connectivity index (χ0) is 23.4. The van der Waals surface area contributed by atoms with Crippen LogP contribution >= 0.6 is 31.9 Å². The second-order valence-electron chi connectivity index (χ2n) is 7.60. The van der Waals surface area contributed by atoms with Gasteiger partial charge < -0.3 is 14.9 Å². The van der Waals surface area contributed by atoms with Crippen molar-refractivity contribution in [1.29, 1.82) is 0 Å². The van der Waals surface area contributed by atoms with Gasteiger partial charge in [-0.3, -0.25) is 9.59 Å². The summed E-state index contributed by atoms with van der Waals surface area (Å²) in [6.07, 6.45) is 1.11. The number of aryl methyl sites for hydroxylation is 1. The van der Waals surface area contributed by atoms with Crippen LogP contribution in [0.4, 0.5) is 0 Å². The Bertz CT molecular complexity index is 1290. The molecule has 0 aliphatic heterocycles. The number of benzene rings is 3. The van der Waals surface area contributed by atoms with E-state index in [1.54, 1.807) is 18.2 Å². The van der Waals surface area contributed by atoms with Crippen molar-refractivity contribution in [2.24, 2.45) is 5.73 Å². The van der Waals surface area contributed by atoms with Crippen molar-refractivity contribution in [1.82, 2.24) is 0 Å². The molecule has 3 aromatic carbocycles. The molecule has 1 amide bonds. The second kappa shape index (κ2) is 10.4. The lowest BCUT2D eigenvalue weighted by Crippen LogP contribution is -2.12. The van der Waals surface area contributed by atoms with Crippen molar-refractivity contribution in [3.63, 3.8) is 0 Å². The van der Waals surface area contributed by atoms with Crippen molar-refractivity contribution in [2.45, 2.75) is 19.3 Å². The molecule has 4 rings (SSSR count). The minimum Gasteiger partial charge on any atom is -0.493 e. The quantitative estimate of drug-likeness (QED) is 0.242. The van der Waals surface area contributed by atoms with E-state index in [0.29, 0.717) is 40.2 Å². The van der Waals surface area contributed by atoms with Crippen molar-refractivity contribution in [2.75, 3.05) is 6.61 Å². The fraction of sp³-hybridized carbons (Fsp3) is 0.154. The van der Waals surface area contributed by atoms with Crippen molar-refractivity contribution >= 4 is 54.5 Å². The number of ether oxygens (including phenoxy) is 1. The Balaban J connectivity index is 1.64. The molecular formula is C26H21Br2NO4. The Morgan fingerprint density at radius 1 is 0.909 bits per heavy atom. The van der Waals surface area contributed by atoms with Crippen LogP contribution in [-0.2, 0) is 17.6 Å². The Morgan fingerprint density at radius 2 is 1.64 bits per heavy atom. The summed E-state index contributed by atoms with van der Waals surface area (Å²) in [5.74, 6) is 0.445. The topological polar surface area (TPSA) is 82.5 Å². The standard InChI is InChI=1S/C26H21Br2NO4/c27-18-12-17(13-19(28)14-18)26(31)25-21-7-6-20(32-11-10-16-4-2-1-3-5-16)15-23(21)33-22(25)8-9-24(29)30/h1-7,12-15H,8-11H2,(H2,29,30). The van der Waals surface area contributed by atoms with E-state index in [1.165, 1.54) is 5.56 Å². The highest BCUT2D eigenvalue weighted by atomic mass is 79.9. The second-order valence-corrected chi connectivity index (χ2v) is 9.43. The SMILES string of the molecule is NC(=O)CCc1oc2cc(OCCc3ccccc3)ccc2c1C(=O)c1cc(Br)cc(Br)c1. The Hall–Kier alpha value is -2.90. The van der Waals surface area contributed by atoms with Crippen molar-refractivity contribution in [3.05, 3.63) is 98.1 Å². The summed E-state index contributed by atoms with van der Waals surface area (Å²) in [4.78, 5) is 24.8. The smallest absolute Gasteiger partial charge is 0.217 e. The van der Waals surface area contributed by atoms with E-state index >= 15 is 0 Å². The van der Waals surface area contributed by atoms with Crippen molar-refractivity contribution in [3.8, 4) is 5.75 Å². The molecule has 0 unspecified atom stereocenters. The van der Waals surface area contributed by atoms with Gasteiger partial charge in [-0.25, -0.2) is 0 Å². The predicted octanol–water partition coefficient (Wildman–Crippen LogP) is 6.23. The first-order valence-electron chi connectivity index (χ1n) is 10.4. The van der Waals surface area contributed by atoms with Gasteiger partial charge in [0.2, 0.25) is 5.91 Å². The number of carbonyl (C=O) groups excluding carboxylic acids is 2. The Labute approximate surface area is 208 Å². The van der Waals surface area contributed by atoms with Crippen LogP contribution in [0.25, 0.3) is 11.0 Å². The first-order chi connectivity index (χ1) is 15.9. The van der Waals surface area contributed by atoms with Crippen LogP contribution in [0, 0.1) is 0 Å². The molecule has 0 aliphatic rings. The lowest BCUT2D eigenvalue weighted by molar-refractivity contribution is -0.118. The average molecular weight is 571 g/mol. The molecule has 0 saturated heterocycles. The molecule has 0 fully saturated rings. The minimum absolute atomic E-state index is 0.0860. The first-order valence-corrected chi connectivity index (χ1v) is 12.0. The van der Waals surface area contributed by atoms with Gasteiger partial charge in [0.25, 0.3) is 0 Å². The van der Waals surface area contributed by atoms with Crippen LogP contribution in [0.2, 0.25) is 0 Å². The van der Waals surface area contributed by atoms with Crippen LogP contribution in [0.5, 0.6) is 5.75 Å². The maximum Gasteiger partial charge on any atom is 0.217 e. The van der Waals surface area contributed by atoms with Gasteiger partial charge in [0, 0.05) is 45.2 Å². The summed E-state index contributed by atoms with van der Waals surface area (Å²) in [5.41, 5.74) is 8.00. The van der Waals surface area contributed by atoms with Crippen LogP contribution in [0.15, 0.2) is 80.1 Å². The number of halogens is 2. The van der Waals surface area contributed by atoms with E-state index < -0.39 is 5.91 Å². The number of primary amides is 1. The summed E-state index contributed by atoms with van der Waals surface area (Å²) < 4.78 is 13.5. The van der Waals surface area contributed by atoms with Gasteiger partial charge in [0.15, 0.2) is 5.78 Å². The van der Waals surface area contributed by atoms with E-state index in [9.17, 15) is 9.59 Å². The molecule has 5 nitrogen and oxygen atoms in total. The zero-order valence-electron chi connectivity index (χ0n) is 17.6. The van der Waals surface area contributed by atoms with E-state index in [-0.39, 0.29) is 18.6 Å². The molecule has 1 heterocycles. The first kappa shape index (κ1) is 23.3. The number of hydrogen-bond donors (Lipinski definition) is 1. The molecule has 7 heteroatoms. The molecule has 0 aliphatic carbocycles. The lowest BCUT2D eigenvalue weighted by Gasteiger charge is -2.06. The highest BCUT2D eigenvalue weighted by Crippen LogP contribution is 2.33. The number of ketones is 1. The Kier molecular flexibility index (Phi) is 7.30. The predicted molar refractivity (Wildman–Crippen MR) is 135 cm³/mol. The monoisotopic (exact) mass is 569 g/mol. The highest BCUT2D eigenvalue weighted by Gasteiger charge is 2.23. The number of nitrogens with two attached hydrogens (primary N) is 1. The van der Waals surface area contributed by atoms with E-state index in [1.807, 2.05) is 36.4 Å². The molecule has 33 heavy (non-hydrogen) atoms. The zero-order valence-corrected chi connectivity index (χ0v) is 20.8. The van der Waals surface area contributed by atoms with Gasteiger partial charge in [0.1, 0.15) is 17.1 Å². The van der Waals surface area contributed by atoms with Crippen LogP contribution in [0.3, 0.4) is 0 Å². The van der Waals surface area contributed by atoms with Gasteiger partial charge in [0.05, 0.1) is 12.2 Å². The normalized spacial score (nSPS) is 11.0. The molecule has 0 spiro atoms. The van der Waals surface area contributed by atoms with Gasteiger partial charge in [-0.15, -0.1) is 0 Å². The van der Waals surface area contributed by atoms with Gasteiger partial charge in [-0.05, 0) is 35.9 Å². The fourth-order valence-electron chi connectivity index (χ4n) is 3.64. The number of furan rings is 1. The summed E-state index contributed by atoms with van der Waals surface area (Å²) in [6, 6.07) is 20.9. The molecule has 2 N–H and O–H groups in total. The van der Waals surface area contributed by atoms with Gasteiger partial charge >= 0.3 is 0 Å². The third-order valence-corrected chi connectivity index (χ3v) is 6.10. The molecule has 168 valence electrons. The molecule has 0 atom stereocenters. The van der Waals surface area contributed by atoms with Crippen LogP contribution in [0.1, 0.15) is 33.7 Å². The maximum atomic E-state index is 13.5. The molecule has 0 saturated carbocycles. The molecule has 1 aromatic heterocycles. The molecule has 0 bridgehead atoms. The van der Waals surface area contributed by atoms with E-state index in [2.05, 4.69) is 44.0 Å². The van der Waals surface area contributed by atoms with Gasteiger partial charge in [-0.1, -0.05) is 62.2 Å². The van der Waals surface area contributed by atoms with Crippen LogP contribution in [-0.4, -0.2) is 18.3 Å². The van der Waals surface area contributed by atoms with Gasteiger partial charge in [-0.2, -0.15) is 0 Å². The third-order valence-electron chi connectivity index (χ3n) is 5.19. The van der Waals surface area contributed by atoms with E-state index in [4.69, 9.17) is 14.9 Å². The summed E-state index contributed by atoms with van der Waals surface area (Å²) in [7, 11) is 0. The number of fused-ring (bicyclic) bond motifs is 1. The molecule has 0 radical (unpaired) electrons. The van der Waals surface area contributed by atoms with E-state index in [0.717, 1.165) is 15.4 Å². The largest absolute Gasteiger partial charge is 0.493 e. The lowest BCUT2D eigenvalue weighted by atomic mass is 9.98. The molecular weight excluding hydrogens is 550 g/mol. The molecule has 4 aromatic rings. The fourth-order valence-corrected chi connectivity index (χ4v) is 4.93. The number of amides is 1. The summed E-state index contributed by atoms with van der Waals surface area (Å²) in [5, 5.41) is 0.672. The number of carbonyl (C=O) groups is 2. The maximum absolute atomic E-state index is 13.5. The Morgan fingerprint density at radius 3 is 2.33 bits per heavy atom. The number of rotatable bonds is 9. The highest BCUT2D eigenvalue weighted by molar-refractivity contribution is 9.11.